The molecule has 1 heterocycles. The molecule has 0 fully saturated rings. The van der Waals surface area contributed by atoms with E-state index in [0.29, 0.717) is 18.7 Å². The van der Waals surface area contributed by atoms with Crippen molar-refractivity contribution in [3.63, 3.8) is 0 Å². The van der Waals surface area contributed by atoms with Crippen molar-refractivity contribution < 1.29 is 14.0 Å². The van der Waals surface area contributed by atoms with Crippen molar-refractivity contribution in [3.8, 4) is 11.3 Å². The Morgan fingerprint density at radius 1 is 1.10 bits per heavy atom. The highest BCUT2D eigenvalue weighted by Gasteiger charge is 2.09. The quantitative estimate of drug-likeness (QED) is 0.584. The summed E-state index contributed by atoms with van der Waals surface area (Å²) in [5.41, 5.74) is 3.95. The van der Waals surface area contributed by atoms with E-state index in [0.717, 1.165) is 22.4 Å². The van der Waals surface area contributed by atoms with Crippen molar-refractivity contribution in [1.29, 1.82) is 0 Å². The number of rotatable bonds is 7. The summed E-state index contributed by atoms with van der Waals surface area (Å²) in [7, 11) is 1.79. The van der Waals surface area contributed by atoms with Crippen molar-refractivity contribution in [2.45, 2.75) is 19.9 Å². The summed E-state index contributed by atoms with van der Waals surface area (Å²) < 4.78 is 14.9. The SMILES string of the molecule is CCC(=O)NCc1ccc(NC(=O)/C=C/c2cnn(C)c2-c2ccc(F)cc2)cc1. The number of carbonyl (C=O) groups is 2. The number of amides is 2. The number of carbonyl (C=O) groups excluding carboxylic acids is 2. The van der Waals surface area contributed by atoms with Crippen molar-refractivity contribution in [3.05, 3.63) is 77.7 Å². The Kier molecular flexibility index (Phi) is 6.75. The van der Waals surface area contributed by atoms with E-state index in [2.05, 4.69) is 15.7 Å². The highest BCUT2D eigenvalue weighted by molar-refractivity contribution is 6.02. The minimum atomic E-state index is -0.309. The number of anilines is 1. The molecular weight excluding hydrogens is 383 g/mol. The molecule has 0 aliphatic heterocycles. The predicted molar refractivity (Wildman–Crippen MR) is 115 cm³/mol. The molecule has 0 radical (unpaired) electrons. The molecule has 30 heavy (non-hydrogen) atoms. The first-order chi connectivity index (χ1) is 14.5. The highest BCUT2D eigenvalue weighted by atomic mass is 19.1. The van der Waals surface area contributed by atoms with Gasteiger partial charge in [0.25, 0.3) is 0 Å². The molecule has 2 N–H and O–H groups in total. The molecule has 6 nitrogen and oxygen atoms in total. The smallest absolute Gasteiger partial charge is 0.248 e. The minimum absolute atomic E-state index is 0.00655. The molecule has 0 spiro atoms. The van der Waals surface area contributed by atoms with E-state index in [1.165, 1.54) is 18.2 Å². The minimum Gasteiger partial charge on any atom is -0.352 e. The monoisotopic (exact) mass is 406 g/mol. The van der Waals surface area contributed by atoms with Gasteiger partial charge in [-0.2, -0.15) is 5.10 Å². The van der Waals surface area contributed by atoms with Gasteiger partial charge in [0, 0.05) is 42.9 Å². The highest BCUT2D eigenvalue weighted by Crippen LogP contribution is 2.24. The summed E-state index contributed by atoms with van der Waals surface area (Å²) in [6, 6.07) is 13.4. The van der Waals surface area contributed by atoms with Crippen molar-refractivity contribution in [1.82, 2.24) is 15.1 Å². The van der Waals surface area contributed by atoms with Crippen LogP contribution in [0.25, 0.3) is 17.3 Å². The standard InChI is InChI=1S/C23H23FN4O2/c1-3-21(29)25-14-16-4-11-20(12-5-16)27-22(30)13-8-18-15-26-28(2)23(18)17-6-9-19(24)10-7-17/h4-13,15H,3,14H2,1-2H3,(H,25,29)(H,27,30)/b13-8+. The summed E-state index contributed by atoms with van der Waals surface area (Å²) in [6.07, 6.45) is 5.21. The fourth-order valence-electron chi connectivity index (χ4n) is 2.92. The zero-order valence-electron chi connectivity index (χ0n) is 16.9. The molecule has 0 unspecified atom stereocenters. The lowest BCUT2D eigenvalue weighted by molar-refractivity contribution is -0.121. The first-order valence-corrected chi connectivity index (χ1v) is 9.59. The van der Waals surface area contributed by atoms with Gasteiger partial charge in [-0.3, -0.25) is 14.3 Å². The van der Waals surface area contributed by atoms with E-state index in [1.807, 2.05) is 12.1 Å². The second kappa shape index (κ2) is 9.65. The number of aryl methyl sites for hydroxylation is 1. The van der Waals surface area contributed by atoms with Crippen LogP contribution in [0.2, 0.25) is 0 Å². The average molecular weight is 406 g/mol. The summed E-state index contributed by atoms with van der Waals surface area (Å²) in [5.74, 6) is -0.597. The van der Waals surface area contributed by atoms with Gasteiger partial charge >= 0.3 is 0 Å². The predicted octanol–water partition coefficient (Wildman–Crippen LogP) is 3.90. The van der Waals surface area contributed by atoms with Crippen LogP contribution in [0, 0.1) is 5.82 Å². The molecular formula is C23H23FN4O2. The van der Waals surface area contributed by atoms with Crippen LogP contribution in [-0.4, -0.2) is 21.6 Å². The first kappa shape index (κ1) is 21.0. The van der Waals surface area contributed by atoms with Crippen LogP contribution in [-0.2, 0) is 23.2 Å². The molecule has 0 bridgehead atoms. The van der Waals surface area contributed by atoms with Crippen LogP contribution >= 0.6 is 0 Å². The maximum atomic E-state index is 13.2. The number of nitrogens with one attached hydrogen (secondary N) is 2. The summed E-state index contributed by atoms with van der Waals surface area (Å²) >= 11 is 0. The Labute approximate surface area is 174 Å². The number of hydrogen-bond acceptors (Lipinski definition) is 3. The zero-order valence-corrected chi connectivity index (χ0v) is 16.9. The number of aromatic nitrogens is 2. The third kappa shape index (κ3) is 5.41. The lowest BCUT2D eigenvalue weighted by Crippen LogP contribution is -2.21. The van der Waals surface area contributed by atoms with Gasteiger partial charge in [0.05, 0.1) is 11.9 Å². The number of hydrogen-bond donors (Lipinski definition) is 2. The first-order valence-electron chi connectivity index (χ1n) is 9.59. The van der Waals surface area contributed by atoms with Crippen LogP contribution in [0.1, 0.15) is 24.5 Å². The molecule has 0 aliphatic carbocycles. The van der Waals surface area contributed by atoms with Gasteiger partial charge in [0.1, 0.15) is 5.82 Å². The van der Waals surface area contributed by atoms with Crippen molar-refractivity contribution >= 4 is 23.6 Å². The molecule has 154 valence electrons. The largest absolute Gasteiger partial charge is 0.352 e. The van der Waals surface area contributed by atoms with Crippen LogP contribution in [0.5, 0.6) is 0 Å². The van der Waals surface area contributed by atoms with Gasteiger partial charge in [-0.15, -0.1) is 0 Å². The van der Waals surface area contributed by atoms with Crippen LogP contribution < -0.4 is 10.6 Å². The second-order valence-electron chi connectivity index (χ2n) is 6.73. The van der Waals surface area contributed by atoms with Gasteiger partial charge in [-0.1, -0.05) is 19.1 Å². The van der Waals surface area contributed by atoms with Gasteiger partial charge in [-0.25, -0.2) is 4.39 Å². The molecule has 0 aliphatic rings. The Morgan fingerprint density at radius 3 is 2.47 bits per heavy atom. The number of benzene rings is 2. The van der Waals surface area contributed by atoms with E-state index in [4.69, 9.17) is 0 Å². The molecule has 7 heteroatoms. The number of halogens is 1. The Morgan fingerprint density at radius 2 is 1.80 bits per heavy atom. The second-order valence-corrected chi connectivity index (χ2v) is 6.73. The Bertz CT molecular complexity index is 1050. The lowest BCUT2D eigenvalue weighted by Gasteiger charge is -2.06. The van der Waals surface area contributed by atoms with Gasteiger partial charge in [-0.05, 0) is 48.0 Å². The summed E-state index contributed by atoms with van der Waals surface area (Å²) in [4.78, 5) is 23.6. The molecule has 3 aromatic rings. The summed E-state index contributed by atoms with van der Waals surface area (Å²) in [5, 5.41) is 9.84. The number of nitrogens with zero attached hydrogens (tertiary/aromatic N) is 2. The zero-order chi connectivity index (χ0) is 21.5. The average Bonchev–Trinajstić information content (AvgIpc) is 3.12. The third-order valence-corrected chi connectivity index (χ3v) is 4.53. The fraction of sp³-hybridized carbons (Fsp3) is 0.174. The van der Waals surface area contributed by atoms with Gasteiger partial charge in [0.2, 0.25) is 11.8 Å². The van der Waals surface area contributed by atoms with Crippen LogP contribution in [0.15, 0.2) is 60.8 Å². The van der Waals surface area contributed by atoms with E-state index >= 15 is 0 Å². The summed E-state index contributed by atoms with van der Waals surface area (Å²) in [6.45, 7) is 2.25. The van der Waals surface area contributed by atoms with E-state index in [1.54, 1.807) is 55.2 Å². The van der Waals surface area contributed by atoms with Gasteiger partial charge < -0.3 is 10.6 Å². The van der Waals surface area contributed by atoms with E-state index < -0.39 is 0 Å². The lowest BCUT2D eigenvalue weighted by atomic mass is 10.1. The topological polar surface area (TPSA) is 76.0 Å². The Balaban J connectivity index is 1.64. The Hall–Kier alpha value is -3.74. The third-order valence-electron chi connectivity index (χ3n) is 4.53. The van der Waals surface area contributed by atoms with Crippen molar-refractivity contribution in [2.24, 2.45) is 7.05 Å². The van der Waals surface area contributed by atoms with Crippen LogP contribution in [0.4, 0.5) is 10.1 Å². The van der Waals surface area contributed by atoms with Gasteiger partial charge in [0.15, 0.2) is 0 Å². The normalized spacial score (nSPS) is 10.9. The fourth-order valence-corrected chi connectivity index (χ4v) is 2.92. The molecule has 2 aromatic carbocycles. The molecule has 0 saturated carbocycles. The molecule has 1 aromatic heterocycles. The van der Waals surface area contributed by atoms with E-state index in [9.17, 15) is 14.0 Å². The van der Waals surface area contributed by atoms with Crippen molar-refractivity contribution in [2.75, 3.05) is 5.32 Å². The molecule has 2 amide bonds. The molecule has 0 atom stereocenters. The van der Waals surface area contributed by atoms with Crippen LogP contribution in [0.3, 0.4) is 0 Å². The molecule has 0 saturated heterocycles. The maximum Gasteiger partial charge on any atom is 0.248 e. The van der Waals surface area contributed by atoms with E-state index in [-0.39, 0.29) is 17.6 Å². The molecule has 3 rings (SSSR count). The maximum absolute atomic E-state index is 13.2.